The second-order valence-electron chi connectivity index (χ2n) is 4.38. The standard InChI is InChI=1S/C15H17ClFN3O/c1-2-18-15(20-10-12-4-3-7-21-12)19-9-11-5-6-14(17)13(16)8-11/h3-8H,2,9-10H2,1H3,(H2,18,19,20). The zero-order valence-electron chi connectivity index (χ0n) is 11.7. The molecular weight excluding hydrogens is 293 g/mol. The van der Waals surface area contributed by atoms with Crippen LogP contribution in [0.4, 0.5) is 4.39 Å². The van der Waals surface area contributed by atoms with E-state index in [0.717, 1.165) is 17.9 Å². The average molecular weight is 310 g/mol. The second kappa shape index (κ2) is 7.69. The molecule has 0 aliphatic rings. The van der Waals surface area contributed by atoms with Crippen molar-refractivity contribution in [2.24, 2.45) is 4.99 Å². The van der Waals surface area contributed by atoms with Crippen LogP contribution in [0.25, 0.3) is 0 Å². The van der Waals surface area contributed by atoms with Crippen molar-refractivity contribution in [3.63, 3.8) is 0 Å². The molecule has 4 nitrogen and oxygen atoms in total. The number of nitrogens with one attached hydrogen (secondary N) is 2. The molecule has 0 amide bonds. The lowest BCUT2D eigenvalue weighted by Gasteiger charge is -2.10. The average Bonchev–Trinajstić information content (AvgIpc) is 2.99. The summed E-state index contributed by atoms with van der Waals surface area (Å²) in [5.74, 6) is 1.06. The third-order valence-electron chi connectivity index (χ3n) is 2.76. The minimum atomic E-state index is -0.424. The second-order valence-corrected chi connectivity index (χ2v) is 4.78. The highest BCUT2D eigenvalue weighted by Crippen LogP contribution is 2.16. The lowest BCUT2D eigenvalue weighted by Crippen LogP contribution is -2.36. The summed E-state index contributed by atoms with van der Waals surface area (Å²) in [6.45, 7) is 3.68. The fourth-order valence-electron chi connectivity index (χ4n) is 1.73. The van der Waals surface area contributed by atoms with Gasteiger partial charge >= 0.3 is 0 Å². The maximum atomic E-state index is 13.1. The van der Waals surface area contributed by atoms with Crippen LogP contribution in [0.15, 0.2) is 46.0 Å². The van der Waals surface area contributed by atoms with Crippen LogP contribution in [0.1, 0.15) is 18.2 Å². The largest absolute Gasteiger partial charge is 0.467 e. The Kier molecular flexibility index (Phi) is 5.63. The van der Waals surface area contributed by atoms with E-state index in [2.05, 4.69) is 15.6 Å². The molecule has 1 aromatic carbocycles. The Morgan fingerprint density at radius 3 is 2.86 bits per heavy atom. The molecule has 112 valence electrons. The number of aliphatic imine (C=N–C) groups is 1. The fourth-order valence-corrected chi connectivity index (χ4v) is 1.94. The normalized spacial score (nSPS) is 11.5. The lowest BCUT2D eigenvalue weighted by atomic mass is 10.2. The van der Waals surface area contributed by atoms with E-state index in [-0.39, 0.29) is 5.02 Å². The van der Waals surface area contributed by atoms with Crippen molar-refractivity contribution in [3.05, 3.63) is 58.8 Å². The molecular formula is C15H17ClFN3O. The van der Waals surface area contributed by atoms with Crippen LogP contribution in [-0.4, -0.2) is 12.5 Å². The van der Waals surface area contributed by atoms with Gasteiger partial charge in [-0.2, -0.15) is 0 Å². The first-order valence-corrected chi connectivity index (χ1v) is 7.05. The van der Waals surface area contributed by atoms with Gasteiger partial charge in [0.25, 0.3) is 0 Å². The van der Waals surface area contributed by atoms with Crippen molar-refractivity contribution in [3.8, 4) is 0 Å². The van der Waals surface area contributed by atoms with E-state index in [1.54, 1.807) is 18.4 Å². The highest BCUT2D eigenvalue weighted by Gasteiger charge is 2.02. The van der Waals surface area contributed by atoms with Crippen LogP contribution in [0.2, 0.25) is 5.02 Å². The molecule has 0 atom stereocenters. The molecule has 0 aliphatic heterocycles. The summed E-state index contributed by atoms with van der Waals surface area (Å²) in [6.07, 6.45) is 1.63. The summed E-state index contributed by atoms with van der Waals surface area (Å²) >= 11 is 5.75. The summed E-state index contributed by atoms with van der Waals surface area (Å²) in [6, 6.07) is 8.31. The monoisotopic (exact) mass is 309 g/mol. The van der Waals surface area contributed by atoms with Crippen molar-refractivity contribution in [2.75, 3.05) is 6.54 Å². The highest BCUT2D eigenvalue weighted by atomic mass is 35.5. The van der Waals surface area contributed by atoms with Gasteiger partial charge in [-0.05, 0) is 36.8 Å². The van der Waals surface area contributed by atoms with Crippen LogP contribution in [0, 0.1) is 5.82 Å². The zero-order valence-corrected chi connectivity index (χ0v) is 12.5. The number of hydrogen-bond donors (Lipinski definition) is 2. The molecule has 0 fully saturated rings. The lowest BCUT2D eigenvalue weighted by molar-refractivity contribution is 0.501. The zero-order chi connectivity index (χ0) is 15.1. The van der Waals surface area contributed by atoms with Gasteiger partial charge in [0.15, 0.2) is 5.96 Å². The van der Waals surface area contributed by atoms with Crippen LogP contribution >= 0.6 is 11.6 Å². The van der Waals surface area contributed by atoms with Gasteiger partial charge in [-0.1, -0.05) is 17.7 Å². The highest BCUT2D eigenvalue weighted by molar-refractivity contribution is 6.30. The first-order chi connectivity index (χ1) is 10.2. The molecule has 1 heterocycles. The van der Waals surface area contributed by atoms with Crippen LogP contribution in [-0.2, 0) is 13.1 Å². The Balaban J connectivity index is 1.97. The van der Waals surface area contributed by atoms with Gasteiger partial charge in [0.1, 0.15) is 11.6 Å². The molecule has 0 unspecified atom stereocenters. The predicted molar refractivity (Wildman–Crippen MR) is 81.8 cm³/mol. The van der Waals surface area contributed by atoms with Gasteiger partial charge in [0.2, 0.25) is 0 Å². The number of benzene rings is 1. The van der Waals surface area contributed by atoms with Gasteiger partial charge in [-0.3, -0.25) is 0 Å². The maximum absolute atomic E-state index is 13.1. The number of furan rings is 1. The van der Waals surface area contributed by atoms with Crippen molar-refractivity contribution in [1.82, 2.24) is 10.6 Å². The minimum Gasteiger partial charge on any atom is -0.467 e. The quantitative estimate of drug-likeness (QED) is 0.658. The van der Waals surface area contributed by atoms with Gasteiger partial charge in [0.05, 0.1) is 24.4 Å². The number of halogens is 2. The molecule has 0 radical (unpaired) electrons. The molecule has 2 N–H and O–H groups in total. The molecule has 0 spiro atoms. The molecule has 2 rings (SSSR count). The minimum absolute atomic E-state index is 0.108. The summed E-state index contributed by atoms with van der Waals surface area (Å²) in [7, 11) is 0. The van der Waals surface area contributed by atoms with Crippen LogP contribution in [0.5, 0.6) is 0 Å². The predicted octanol–water partition coefficient (Wildman–Crippen LogP) is 3.33. The Hall–Kier alpha value is -2.01. The number of guanidine groups is 1. The van der Waals surface area contributed by atoms with Crippen molar-refractivity contribution in [2.45, 2.75) is 20.0 Å². The van der Waals surface area contributed by atoms with Gasteiger partial charge in [-0.15, -0.1) is 0 Å². The Labute approximate surface area is 128 Å². The van der Waals surface area contributed by atoms with Crippen molar-refractivity contribution >= 4 is 17.6 Å². The topological polar surface area (TPSA) is 49.6 Å². The smallest absolute Gasteiger partial charge is 0.191 e. The van der Waals surface area contributed by atoms with E-state index >= 15 is 0 Å². The summed E-state index contributed by atoms with van der Waals surface area (Å²) in [5.41, 5.74) is 0.844. The van der Waals surface area contributed by atoms with E-state index in [9.17, 15) is 4.39 Å². The number of rotatable bonds is 5. The first-order valence-electron chi connectivity index (χ1n) is 6.67. The molecule has 0 saturated carbocycles. The van der Waals surface area contributed by atoms with Crippen molar-refractivity contribution in [1.29, 1.82) is 0 Å². The van der Waals surface area contributed by atoms with Gasteiger partial charge < -0.3 is 15.1 Å². The van der Waals surface area contributed by atoms with Crippen molar-refractivity contribution < 1.29 is 8.81 Å². The molecule has 0 aliphatic carbocycles. The molecule has 0 bridgehead atoms. The fraction of sp³-hybridized carbons (Fsp3) is 0.267. The third-order valence-corrected chi connectivity index (χ3v) is 3.05. The summed E-state index contributed by atoms with van der Waals surface area (Å²) < 4.78 is 18.3. The molecule has 2 aromatic rings. The summed E-state index contributed by atoms with van der Waals surface area (Å²) in [5, 5.41) is 6.40. The maximum Gasteiger partial charge on any atom is 0.191 e. The summed E-state index contributed by atoms with van der Waals surface area (Å²) in [4.78, 5) is 4.43. The van der Waals surface area contributed by atoms with E-state index in [0.29, 0.717) is 19.0 Å². The number of hydrogen-bond acceptors (Lipinski definition) is 2. The molecule has 1 aromatic heterocycles. The third kappa shape index (κ3) is 4.79. The Bertz CT molecular complexity index is 599. The van der Waals surface area contributed by atoms with E-state index in [1.165, 1.54) is 6.07 Å². The van der Waals surface area contributed by atoms with Gasteiger partial charge in [0, 0.05) is 6.54 Å². The van der Waals surface area contributed by atoms with Crippen LogP contribution < -0.4 is 10.6 Å². The van der Waals surface area contributed by atoms with Gasteiger partial charge in [-0.25, -0.2) is 9.38 Å². The van der Waals surface area contributed by atoms with E-state index in [1.807, 2.05) is 19.1 Å². The molecule has 0 saturated heterocycles. The molecule has 21 heavy (non-hydrogen) atoms. The van der Waals surface area contributed by atoms with E-state index in [4.69, 9.17) is 16.0 Å². The van der Waals surface area contributed by atoms with Crippen LogP contribution in [0.3, 0.4) is 0 Å². The SMILES string of the molecule is CCNC(=NCc1ccc(F)c(Cl)c1)NCc1ccco1. The Morgan fingerprint density at radius 1 is 1.33 bits per heavy atom. The molecule has 6 heteroatoms. The van der Waals surface area contributed by atoms with E-state index < -0.39 is 5.82 Å². The number of nitrogens with zero attached hydrogens (tertiary/aromatic N) is 1. The Morgan fingerprint density at radius 2 is 2.19 bits per heavy atom. The first kappa shape index (κ1) is 15.4.